The molecule has 4 rings (SSSR count). The van der Waals surface area contributed by atoms with Crippen LogP contribution < -0.4 is 4.90 Å². The van der Waals surface area contributed by atoms with Crippen molar-refractivity contribution in [2.24, 2.45) is 0 Å². The van der Waals surface area contributed by atoms with Crippen LogP contribution in [0.5, 0.6) is 0 Å². The number of aromatic nitrogens is 2. The Balaban J connectivity index is 1.50. The van der Waals surface area contributed by atoms with Crippen molar-refractivity contribution in [2.75, 3.05) is 44.2 Å². The van der Waals surface area contributed by atoms with Gasteiger partial charge in [0.2, 0.25) is 5.91 Å². The van der Waals surface area contributed by atoms with E-state index in [2.05, 4.69) is 54.1 Å². The minimum Gasteiger partial charge on any atom is -0.368 e. The van der Waals surface area contributed by atoms with Crippen molar-refractivity contribution < 1.29 is 9.32 Å². The number of anilines is 1. The molecule has 1 saturated heterocycles. The first-order chi connectivity index (χ1) is 16.0. The van der Waals surface area contributed by atoms with Crippen molar-refractivity contribution in [3.05, 3.63) is 64.4 Å². The Morgan fingerprint density at radius 2 is 1.79 bits per heavy atom. The Labute approximate surface area is 203 Å². The molecule has 0 aliphatic carbocycles. The lowest BCUT2D eigenvalue weighted by molar-refractivity contribution is -0.137. The molecule has 0 saturated carbocycles. The monoisotopic (exact) mass is 511 g/mol. The second-order valence-electron chi connectivity index (χ2n) is 8.16. The maximum Gasteiger partial charge on any atom is 0.257 e. The van der Waals surface area contributed by atoms with E-state index in [9.17, 15) is 4.79 Å². The lowest BCUT2D eigenvalue weighted by Crippen LogP contribution is -2.51. The zero-order valence-corrected chi connectivity index (χ0v) is 21.0. The molecule has 0 N–H and O–H groups in total. The first-order valence-corrected chi connectivity index (χ1v) is 12.2. The standard InChI is InChI=1S/C25H30BrN5O2/c1-4-29(5-2)25(32)23(19-9-7-6-8-10-19)31-15-13-30(14-16-31)22-12-11-20(17-21(22)26)24-27-18(3)28-33-24/h6-12,17,23H,4-5,13-16H2,1-3H3. The third kappa shape index (κ3) is 5.12. The molecule has 0 bridgehead atoms. The number of amides is 1. The van der Waals surface area contributed by atoms with E-state index in [-0.39, 0.29) is 11.9 Å². The lowest BCUT2D eigenvalue weighted by Gasteiger charge is -2.41. The van der Waals surface area contributed by atoms with Crippen LogP contribution >= 0.6 is 15.9 Å². The first kappa shape index (κ1) is 23.4. The van der Waals surface area contributed by atoms with E-state index >= 15 is 0 Å². The van der Waals surface area contributed by atoms with Crippen LogP contribution in [0.1, 0.15) is 31.3 Å². The van der Waals surface area contributed by atoms with E-state index in [0.29, 0.717) is 11.7 Å². The fraction of sp³-hybridized carbons (Fsp3) is 0.400. The summed E-state index contributed by atoms with van der Waals surface area (Å²) < 4.78 is 6.28. The zero-order valence-electron chi connectivity index (χ0n) is 19.4. The summed E-state index contributed by atoms with van der Waals surface area (Å²) in [5.74, 6) is 1.32. The molecule has 1 amide bonds. The van der Waals surface area contributed by atoms with E-state index in [1.807, 2.05) is 56.0 Å². The van der Waals surface area contributed by atoms with Gasteiger partial charge in [-0.05, 0) is 60.5 Å². The van der Waals surface area contributed by atoms with Crippen molar-refractivity contribution in [3.8, 4) is 11.5 Å². The van der Waals surface area contributed by atoms with Crippen LogP contribution in [0.3, 0.4) is 0 Å². The molecule has 8 heteroatoms. The van der Waals surface area contributed by atoms with Crippen molar-refractivity contribution in [2.45, 2.75) is 26.8 Å². The molecular weight excluding hydrogens is 482 g/mol. The molecule has 1 aromatic heterocycles. The van der Waals surface area contributed by atoms with Gasteiger partial charge in [0, 0.05) is 49.3 Å². The molecule has 1 unspecified atom stereocenters. The number of carbonyl (C=O) groups excluding carboxylic acids is 1. The van der Waals surface area contributed by atoms with Gasteiger partial charge in [0.15, 0.2) is 5.82 Å². The normalized spacial score (nSPS) is 15.5. The van der Waals surface area contributed by atoms with Gasteiger partial charge in [0.05, 0.1) is 5.69 Å². The summed E-state index contributed by atoms with van der Waals surface area (Å²) >= 11 is 3.72. The van der Waals surface area contributed by atoms with Gasteiger partial charge >= 0.3 is 0 Å². The van der Waals surface area contributed by atoms with Crippen molar-refractivity contribution in [1.29, 1.82) is 0 Å². The van der Waals surface area contributed by atoms with Crippen molar-refractivity contribution in [1.82, 2.24) is 19.9 Å². The Hall–Kier alpha value is -2.71. The van der Waals surface area contributed by atoms with Crippen LogP contribution in [0, 0.1) is 6.92 Å². The number of halogens is 1. The fourth-order valence-electron chi connectivity index (χ4n) is 4.38. The summed E-state index contributed by atoms with van der Waals surface area (Å²) in [7, 11) is 0. The van der Waals surface area contributed by atoms with Gasteiger partial charge in [-0.15, -0.1) is 0 Å². The van der Waals surface area contributed by atoms with E-state index in [4.69, 9.17) is 4.52 Å². The Morgan fingerprint density at radius 1 is 1.09 bits per heavy atom. The fourth-order valence-corrected chi connectivity index (χ4v) is 5.01. The molecule has 33 heavy (non-hydrogen) atoms. The van der Waals surface area contributed by atoms with Crippen LogP contribution in [0.4, 0.5) is 5.69 Å². The molecule has 2 heterocycles. The molecule has 1 atom stereocenters. The average Bonchev–Trinajstić information content (AvgIpc) is 3.28. The summed E-state index contributed by atoms with van der Waals surface area (Å²) in [5.41, 5.74) is 3.07. The highest BCUT2D eigenvalue weighted by Crippen LogP contribution is 2.33. The minimum atomic E-state index is -0.250. The highest BCUT2D eigenvalue weighted by atomic mass is 79.9. The predicted octanol–water partition coefficient (Wildman–Crippen LogP) is 4.54. The van der Waals surface area contributed by atoms with Crippen LogP contribution in [-0.4, -0.2) is 65.1 Å². The molecule has 0 spiro atoms. The van der Waals surface area contributed by atoms with Gasteiger partial charge in [-0.25, -0.2) is 0 Å². The van der Waals surface area contributed by atoms with Crippen LogP contribution in [0.15, 0.2) is 57.5 Å². The van der Waals surface area contributed by atoms with Crippen LogP contribution in [-0.2, 0) is 4.79 Å². The number of piperazine rings is 1. The number of aryl methyl sites for hydroxylation is 1. The molecule has 1 aliphatic heterocycles. The molecule has 3 aromatic rings. The summed E-state index contributed by atoms with van der Waals surface area (Å²) in [6, 6.07) is 16.0. The number of benzene rings is 2. The number of nitrogens with zero attached hydrogens (tertiary/aromatic N) is 5. The number of rotatable bonds is 7. The summed E-state index contributed by atoms with van der Waals surface area (Å²) in [6.45, 7) is 10.6. The number of carbonyl (C=O) groups is 1. The zero-order chi connectivity index (χ0) is 23.4. The van der Waals surface area contributed by atoms with E-state index in [1.165, 1.54) is 0 Å². The van der Waals surface area contributed by atoms with Crippen LogP contribution in [0.2, 0.25) is 0 Å². The molecular formula is C25H30BrN5O2. The SMILES string of the molecule is CCN(CC)C(=O)C(c1ccccc1)N1CCN(c2ccc(-c3nc(C)no3)cc2Br)CC1. The molecule has 1 fully saturated rings. The minimum absolute atomic E-state index is 0.181. The molecule has 2 aromatic carbocycles. The largest absolute Gasteiger partial charge is 0.368 e. The second-order valence-corrected chi connectivity index (χ2v) is 9.01. The van der Waals surface area contributed by atoms with E-state index < -0.39 is 0 Å². The van der Waals surface area contributed by atoms with Gasteiger partial charge in [-0.2, -0.15) is 4.98 Å². The summed E-state index contributed by atoms with van der Waals surface area (Å²) in [6.07, 6.45) is 0. The first-order valence-electron chi connectivity index (χ1n) is 11.4. The molecule has 7 nitrogen and oxygen atoms in total. The third-order valence-electron chi connectivity index (χ3n) is 6.17. The number of likely N-dealkylation sites (N-methyl/N-ethyl adjacent to an activating group) is 1. The Bertz CT molecular complexity index is 1080. The van der Waals surface area contributed by atoms with E-state index in [0.717, 1.165) is 60.6 Å². The van der Waals surface area contributed by atoms with Gasteiger partial charge in [-0.1, -0.05) is 35.5 Å². The maximum atomic E-state index is 13.4. The smallest absolute Gasteiger partial charge is 0.257 e. The topological polar surface area (TPSA) is 65.7 Å². The highest BCUT2D eigenvalue weighted by molar-refractivity contribution is 9.10. The van der Waals surface area contributed by atoms with Crippen molar-refractivity contribution in [3.63, 3.8) is 0 Å². The quantitative estimate of drug-likeness (QED) is 0.463. The van der Waals surface area contributed by atoms with E-state index in [1.54, 1.807) is 0 Å². The summed E-state index contributed by atoms with van der Waals surface area (Å²) in [5, 5.41) is 3.88. The highest BCUT2D eigenvalue weighted by Gasteiger charge is 2.33. The molecule has 0 radical (unpaired) electrons. The number of hydrogen-bond acceptors (Lipinski definition) is 6. The van der Waals surface area contributed by atoms with Gasteiger partial charge in [-0.3, -0.25) is 9.69 Å². The Kier molecular flexibility index (Phi) is 7.45. The maximum absolute atomic E-state index is 13.4. The van der Waals surface area contributed by atoms with Gasteiger partial charge in [0.25, 0.3) is 5.89 Å². The average molecular weight is 512 g/mol. The lowest BCUT2D eigenvalue weighted by atomic mass is 10.0. The molecule has 174 valence electrons. The second kappa shape index (κ2) is 10.5. The van der Waals surface area contributed by atoms with Gasteiger partial charge < -0.3 is 14.3 Å². The van der Waals surface area contributed by atoms with Crippen LogP contribution in [0.25, 0.3) is 11.5 Å². The third-order valence-corrected chi connectivity index (χ3v) is 6.80. The van der Waals surface area contributed by atoms with Crippen molar-refractivity contribution >= 4 is 27.5 Å². The predicted molar refractivity (Wildman–Crippen MR) is 133 cm³/mol. The Morgan fingerprint density at radius 3 is 2.36 bits per heavy atom. The van der Waals surface area contributed by atoms with Gasteiger partial charge in [0.1, 0.15) is 6.04 Å². The summed E-state index contributed by atoms with van der Waals surface area (Å²) in [4.78, 5) is 24.3. The number of hydrogen-bond donors (Lipinski definition) is 0. The molecule has 1 aliphatic rings.